The quantitative estimate of drug-likeness (QED) is 0.941. The third-order valence-corrected chi connectivity index (χ3v) is 4.45. The summed E-state index contributed by atoms with van der Waals surface area (Å²) in [5.74, 6) is -0.266. The first-order valence-corrected chi connectivity index (χ1v) is 8.38. The van der Waals surface area contributed by atoms with Crippen LogP contribution in [0.4, 0.5) is 0 Å². The number of nitrogens with two attached hydrogens (primary N) is 1. The van der Waals surface area contributed by atoms with Gasteiger partial charge in [0.2, 0.25) is 5.91 Å². The van der Waals surface area contributed by atoms with Gasteiger partial charge in [-0.1, -0.05) is 48.5 Å². The van der Waals surface area contributed by atoms with Crippen LogP contribution >= 0.6 is 0 Å². The molecule has 24 heavy (non-hydrogen) atoms. The van der Waals surface area contributed by atoms with E-state index in [2.05, 4.69) is 42.3 Å². The summed E-state index contributed by atoms with van der Waals surface area (Å²) in [6.07, 6.45) is 0.971. The summed E-state index contributed by atoms with van der Waals surface area (Å²) in [4.78, 5) is 13.3. The number of nitrogens with zero attached hydrogens (tertiary/aromatic N) is 1. The molecule has 0 aliphatic carbocycles. The molecule has 0 radical (unpaired) electrons. The average molecular weight is 324 g/mol. The van der Waals surface area contributed by atoms with Gasteiger partial charge in [0.1, 0.15) is 6.10 Å². The number of hydrogen-bond donors (Lipinski definition) is 1. The number of carbonyl (C=O) groups excluding carboxylic acids is 1. The van der Waals surface area contributed by atoms with Gasteiger partial charge < -0.3 is 10.5 Å². The van der Waals surface area contributed by atoms with Crippen molar-refractivity contribution in [3.05, 3.63) is 70.8 Å². The molecule has 1 aliphatic heterocycles. The summed E-state index contributed by atoms with van der Waals surface area (Å²) >= 11 is 0. The SMILES string of the molecule is CN1CCOC(c2ccccc2)c2cc(CCC(N)=O)ccc2C1. The lowest BCUT2D eigenvalue weighted by atomic mass is 9.93. The molecule has 126 valence electrons. The minimum Gasteiger partial charge on any atom is -0.370 e. The second-order valence-corrected chi connectivity index (χ2v) is 6.40. The number of fused-ring (bicyclic) bond motifs is 1. The van der Waals surface area contributed by atoms with Crippen molar-refractivity contribution in [1.82, 2.24) is 4.90 Å². The Balaban J connectivity index is 1.98. The van der Waals surface area contributed by atoms with Crippen molar-refractivity contribution < 1.29 is 9.53 Å². The summed E-state index contributed by atoms with van der Waals surface area (Å²) in [6.45, 7) is 2.51. The van der Waals surface area contributed by atoms with Crippen molar-refractivity contribution >= 4 is 5.91 Å². The minimum absolute atomic E-state index is 0.0663. The fourth-order valence-corrected chi connectivity index (χ4v) is 3.15. The summed E-state index contributed by atoms with van der Waals surface area (Å²) in [5, 5.41) is 0. The number of primary amides is 1. The molecule has 2 aromatic carbocycles. The van der Waals surface area contributed by atoms with Crippen molar-refractivity contribution in [1.29, 1.82) is 0 Å². The molecule has 2 aromatic rings. The van der Waals surface area contributed by atoms with E-state index in [0.29, 0.717) is 19.4 Å². The molecule has 0 saturated carbocycles. The molecule has 3 rings (SSSR count). The molecule has 1 atom stereocenters. The van der Waals surface area contributed by atoms with Crippen LogP contribution in [0.5, 0.6) is 0 Å². The van der Waals surface area contributed by atoms with Crippen LogP contribution in [-0.2, 0) is 22.5 Å². The van der Waals surface area contributed by atoms with Crippen LogP contribution in [0.15, 0.2) is 48.5 Å². The summed E-state index contributed by atoms with van der Waals surface area (Å²) < 4.78 is 6.21. The number of likely N-dealkylation sites (N-methyl/N-ethyl adjacent to an activating group) is 1. The van der Waals surface area contributed by atoms with E-state index in [4.69, 9.17) is 10.5 Å². The molecule has 0 spiro atoms. The van der Waals surface area contributed by atoms with E-state index in [-0.39, 0.29) is 12.0 Å². The Labute approximate surface area is 143 Å². The smallest absolute Gasteiger partial charge is 0.217 e. The van der Waals surface area contributed by atoms with Gasteiger partial charge in [-0.2, -0.15) is 0 Å². The summed E-state index contributed by atoms with van der Waals surface area (Å²) in [7, 11) is 2.11. The maximum atomic E-state index is 11.1. The predicted octanol–water partition coefficient (Wildman–Crippen LogP) is 2.66. The first-order valence-electron chi connectivity index (χ1n) is 8.38. The van der Waals surface area contributed by atoms with E-state index < -0.39 is 0 Å². The highest BCUT2D eigenvalue weighted by Gasteiger charge is 2.22. The van der Waals surface area contributed by atoms with Crippen LogP contribution in [0, 0.1) is 0 Å². The number of ether oxygens (including phenoxy) is 1. The molecular weight excluding hydrogens is 300 g/mol. The maximum Gasteiger partial charge on any atom is 0.217 e. The Hall–Kier alpha value is -2.17. The van der Waals surface area contributed by atoms with Gasteiger partial charge in [0.25, 0.3) is 0 Å². The van der Waals surface area contributed by atoms with E-state index in [9.17, 15) is 4.79 Å². The molecule has 0 saturated heterocycles. The molecule has 0 aromatic heterocycles. The van der Waals surface area contributed by atoms with Crippen molar-refractivity contribution in [2.24, 2.45) is 5.73 Å². The third-order valence-electron chi connectivity index (χ3n) is 4.45. The minimum atomic E-state index is -0.266. The molecule has 1 amide bonds. The van der Waals surface area contributed by atoms with Crippen LogP contribution < -0.4 is 5.73 Å². The Kier molecular flexibility index (Phi) is 5.28. The van der Waals surface area contributed by atoms with Gasteiger partial charge in [-0.25, -0.2) is 0 Å². The zero-order chi connectivity index (χ0) is 16.9. The van der Waals surface area contributed by atoms with Gasteiger partial charge in [0.15, 0.2) is 0 Å². The van der Waals surface area contributed by atoms with E-state index >= 15 is 0 Å². The summed E-state index contributed by atoms with van der Waals surface area (Å²) in [5.41, 5.74) is 10.0. The largest absolute Gasteiger partial charge is 0.370 e. The van der Waals surface area contributed by atoms with Crippen LogP contribution in [0.2, 0.25) is 0 Å². The zero-order valence-corrected chi connectivity index (χ0v) is 14.1. The zero-order valence-electron chi connectivity index (χ0n) is 14.1. The molecule has 1 aliphatic rings. The topological polar surface area (TPSA) is 55.6 Å². The molecular formula is C20H24N2O2. The van der Waals surface area contributed by atoms with E-state index in [1.807, 2.05) is 18.2 Å². The normalized spacial score (nSPS) is 18.5. The van der Waals surface area contributed by atoms with Gasteiger partial charge >= 0.3 is 0 Å². The Morgan fingerprint density at radius 2 is 2.04 bits per heavy atom. The number of amides is 1. The van der Waals surface area contributed by atoms with Crippen molar-refractivity contribution in [2.75, 3.05) is 20.2 Å². The fourth-order valence-electron chi connectivity index (χ4n) is 3.15. The highest BCUT2D eigenvalue weighted by atomic mass is 16.5. The van der Waals surface area contributed by atoms with Gasteiger partial charge in [-0.15, -0.1) is 0 Å². The van der Waals surface area contributed by atoms with Crippen LogP contribution in [0.25, 0.3) is 0 Å². The van der Waals surface area contributed by atoms with E-state index in [1.165, 1.54) is 11.1 Å². The number of carbonyl (C=O) groups is 1. The molecule has 1 heterocycles. The third kappa shape index (κ3) is 4.02. The monoisotopic (exact) mass is 324 g/mol. The van der Waals surface area contributed by atoms with Gasteiger partial charge in [-0.05, 0) is 35.7 Å². The van der Waals surface area contributed by atoms with Crippen LogP contribution in [-0.4, -0.2) is 31.0 Å². The lowest BCUT2D eigenvalue weighted by Crippen LogP contribution is -2.28. The highest BCUT2D eigenvalue weighted by molar-refractivity contribution is 5.74. The number of benzene rings is 2. The van der Waals surface area contributed by atoms with Gasteiger partial charge in [0, 0.05) is 19.5 Å². The lowest BCUT2D eigenvalue weighted by molar-refractivity contribution is -0.117. The Morgan fingerprint density at radius 3 is 2.79 bits per heavy atom. The Morgan fingerprint density at radius 1 is 1.25 bits per heavy atom. The van der Waals surface area contributed by atoms with Crippen LogP contribution in [0.1, 0.15) is 34.8 Å². The highest BCUT2D eigenvalue weighted by Crippen LogP contribution is 2.31. The molecule has 4 heteroatoms. The molecule has 1 unspecified atom stereocenters. The molecule has 0 bridgehead atoms. The maximum absolute atomic E-state index is 11.1. The molecule has 2 N–H and O–H groups in total. The molecule has 4 nitrogen and oxygen atoms in total. The van der Waals surface area contributed by atoms with Crippen molar-refractivity contribution in [3.63, 3.8) is 0 Å². The second-order valence-electron chi connectivity index (χ2n) is 6.40. The standard InChI is InChI=1S/C20H24N2O2/c1-22-11-12-24-20(16-5-3-2-4-6-16)18-13-15(8-10-19(21)23)7-9-17(18)14-22/h2-7,9,13,20H,8,10-12,14H2,1H3,(H2,21,23). The summed E-state index contributed by atoms with van der Waals surface area (Å²) in [6, 6.07) is 16.7. The second kappa shape index (κ2) is 7.60. The number of hydrogen-bond acceptors (Lipinski definition) is 3. The lowest BCUT2D eigenvalue weighted by Gasteiger charge is -2.29. The van der Waals surface area contributed by atoms with Crippen molar-refractivity contribution in [3.8, 4) is 0 Å². The predicted molar refractivity (Wildman–Crippen MR) is 94.5 cm³/mol. The number of rotatable bonds is 4. The molecule has 0 fully saturated rings. The first-order chi connectivity index (χ1) is 11.6. The average Bonchev–Trinajstić information content (AvgIpc) is 2.57. The first kappa shape index (κ1) is 16.7. The Bertz CT molecular complexity index is 700. The van der Waals surface area contributed by atoms with Crippen LogP contribution in [0.3, 0.4) is 0 Å². The van der Waals surface area contributed by atoms with E-state index in [1.54, 1.807) is 0 Å². The fraction of sp³-hybridized carbons (Fsp3) is 0.350. The van der Waals surface area contributed by atoms with Gasteiger partial charge in [-0.3, -0.25) is 9.69 Å². The number of aryl methyl sites for hydroxylation is 1. The van der Waals surface area contributed by atoms with Gasteiger partial charge in [0.05, 0.1) is 6.61 Å². The van der Waals surface area contributed by atoms with E-state index in [0.717, 1.165) is 24.2 Å². The van der Waals surface area contributed by atoms with Crippen molar-refractivity contribution in [2.45, 2.75) is 25.5 Å².